The normalized spacial score (nSPS) is 28.5. The SMILES string of the molecule is COc1ccc(CN2CC3(CCN(C(=O)C4CC(O)C4)C3)Oc3ccccc3S2(=O)=O)cc1. The van der Waals surface area contributed by atoms with Crippen LogP contribution in [0.5, 0.6) is 11.5 Å². The van der Waals surface area contributed by atoms with Crippen molar-refractivity contribution in [3.05, 3.63) is 54.1 Å². The van der Waals surface area contributed by atoms with Gasteiger partial charge in [-0.3, -0.25) is 4.79 Å². The van der Waals surface area contributed by atoms with Gasteiger partial charge in [0.25, 0.3) is 0 Å². The van der Waals surface area contributed by atoms with Crippen molar-refractivity contribution in [2.24, 2.45) is 5.92 Å². The molecule has 1 atom stereocenters. The molecular formula is C24H28N2O6S. The summed E-state index contributed by atoms with van der Waals surface area (Å²) in [4.78, 5) is 14.8. The molecule has 8 nitrogen and oxygen atoms in total. The maximum absolute atomic E-state index is 13.6. The van der Waals surface area contributed by atoms with Gasteiger partial charge in [-0.05, 0) is 42.7 Å². The summed E-state index contributed by atoms with van der Waals surface area (Å²) in [6.07, 6.45) is 1.12. The average molecular weight is 473 g/mol. The molecule has 1 saturated heterocycles. The van der Waals surface area contributed by atoms with Crippen LogP contribution in [0.4, 0.5) is 0 Å². The number of amides is 1. The Bertz CT molecular complexity index is 1150. The first kappa shape index (κ1) is 22.2. The number of aliphatic hydroxyl groups excluding tert-OH is 1. The van der Waals surface area contributed by atoms with Gasteiger partial charge in [0, 0.05) is 25.4 Å². The number of ether oxygens (including phenoxy) is 2. The maximum Gasteiger partial charge on any atom is 0.247 e. The second-order valence-corrected chi connectivity index (χ2v) is 11.1. The first-order chi connectivity index (χ1) is 15.8. The zero-order valence-electron chi connectivity index (χ0n) is 18.5. The first-order valence-corrected chi connectivity index (χ1v) is 12.6. The molecule has 1 aliphatic carbocycles. The number of methoxy groups -OCH3 is 1. The Morgan fingerprint density at radius 3 is 2.58 bits per heavy atom. The van der Waals surface area contributed by atoms with Gasteiger partial charge in [0.2, 0.25) is 15.9 Å². The number of para-hydroxylation sites is 1. The lowest BCUT2D eigenvalue weighted by Crippen LogP contribution is -2.50. The summed E-state index contributed by atoms with van der Waals surface area (Å²) in [5, 5.41) is 9.59. The minimum absolute atomic E-state index is 0.0165. The first-order valence-electron chi connectivity index (χ1n) is 11.2. The van der Waals surface area contributed by atoms with Gasteiger partial charge in [0.1, 0.15) is 22.0 Å². The number of hydrogen-bond donors (Lipinski definition) is 1. The number of carbonyl (C=O) groups excluding carboxylic acids is 1. The fourth-order valence-corrected chi connectivity index (χ4v) is 6.54. The van der Waals surface area contributed by atoms with Crippen LogP contribution in [0.3, 0.4) is 0 Å². The van der Waals surface area contributed by atoms with Gasteiger partial charge in [-0.15, -0.1) is 0 Å². The van der Waals surface area contributed by atoms with E-state index in [0.29, 0.717) is 43.9 Å². The Balaban J connectivity index is 1.45. The van der Waals surface area contributed by atoms with E-state index in [4.69, 9.17) is 9.47 Å². The van der Waals surface area contributed by atoms with Gasteiger partial charge >= 0.3 is 0 Å². The van der Waals surface area contributed by atoms with Crippen molar-refractivity contribution in [2.75, 3.05) is 26.7 Å². The molecule has 0 bridgehead atoms. The minimum atomic E-state index is -3.81. The molecule has 1 N–H and O–H groups in total. The summed E-state index contributed by atoms with van der Waals surface area (Å²) in [6.45, 7) is 1.16. The molecule has 1 spiro atoms. The Morgan fingerprint density at radius 2 is 1.88 bits per heavy atom. The molecule has 1 saturated carbocycles. The van der Waals surface area contributed by atoms with E-state index < -0.39 is 21.7 Å². The van der Waals surface area contributed by atoms with Crippen LogP contribution in [0.2, 0.25) is 0 Å². The number of likely N-dealkylation sites (tertiary alicyclic amines) is 1. The van der Waals surface area contributed by atoms with Crippen LogP contribution in [-0.2, 0) is 21.4 Å². The topological polar surface area (TPSA) is 96.4 Å². The molecule has 9 heteroatoms. The molecule has 0 radical (unpaired) electrons. The van der Waals surface area contributed by atoms with Gasteiger partial charge in [0.05, 0.1) is 26.3 Å². The van der Waals surface area contributed by atoms with Gasteiger partial charge in [-0.1, -0.05) is 24.3 Å². The van der Waals surface area contributed by atoms with Crippen LogP contribution in [0.15, 0.2) is 53.4 Å². The molecule has 2 aromatic rings. The number of sulfonamides is 1. The third kappa shape index (κ3) is 4.09. The van der Waals surface area contributed by atoms with E-state index in [1.165, 1.54) is 4.31 Å². The van der Waals surface area contributed by atoms with Crippen molar-refractivity contribution in [3.8, 4) is 11.5 Å². The average Bonchev–Trinajstić information content (AvgIpc) is 3.17. The molecule has 3 aliphatic rings. The molecule has 2 heterocycles. The Kier molecular flexibility index (Phi) is 5.58. The molecule has 1 amide bonds. The highest BCUT2D eigenvalue weighted by atomic mass is 32.2. The van der Waals surface area contributed by atoms with Crippen LogP contribution < -0.4 is 9.47 Å². The standard InChI is InChI=1S/C24H28N2O6S/c1-31-20-8-6-17(7-9-20)14-26-16-24(32-21-4-2-3-5-22(21)33(26,29)30)10-11-25(15-24)23(28)18-12-19(27)13-18/h2-9,18-19,27H,10-16H2,1H3. The number of rotatable bonds is 4. The van der Waals surface area contributed by atoms with E-state index in [2.05, 4.69) is 0 Å². The van der Waals surface area contributed by atoms with E-state index >= 15 is 0 Å². The van der Waals surface area contributed by atoms with Crippen molar-refractivity contribution in [1.82, 2.24) is 9.21 Å². The zero-order chi connectivity index (χ0) is 23.2. The predicted molar refractivity (Wildman–Crippen MR) is 120 cm³/mol. The third-order valence-corrected chi connectivity index (χ3v) is 8.70. The molecule has 0 aromatic heterocycles. The summed E-state index contributed by atoms with van der Waals surface area (Å²) < 4.78 is 40.3. The number of aliphatic hydroxyl groups is 1. The maximum atomic E-state index is 13.6. The highest BCUT2D eigenvalue weighted by Gasteiger charge is 2.50. The molecule has 2 fully saturated rings. The molecular weight excluding hydrogens is 444 g/mol. The van der Waals surface area contributed by atoms with E-state index in [0.717, 1.165) is 5.56 Å². The minimum Gasteiger partial charge on any atom is -0.497 e. The lowest BCUT2D eigenvalue weighted by Gasteiger charge is -2.35. The van der Waals surface area contributed by atoms with Crippen molar-refractivity contribution in [3.63, 3.8) is 0 Å². The Morgan fingerprint density at radius 1 is 1.15 bits per heavy atom. The number of nitrogens with zero attached hydrogens (tertiary/aromatic N) is 2. The number of benzene rings is 2. The molecule has 176 valence electrons. The van der Waals surface area contributed by atoms with Crippen molar-refractivity contribution < 1.29 is 27.8 Å². The third-order valence-electron chi connectivity index (χ3n) is 6.87. The van der Waals surface area contributed by atoms with Crippen LogP contribution in [0.25, 0.3) is 0 Å². The van der Waals surface area contributed by atoms with Gasteiger partial charge < -0.3 is 19.5 Å². The summed E-state index contributed by atoms with van der Waals surface area (Å²) in [5.41, 5.74) is 0.00718. The highest BCUT2D eigenvalue weighted by molar-refractivity contribution is 7.89. The van der Waals surface area contributed by atoms with Gasteiger partial charge in [-0.2, -0.15) is 4.31 Å². The number of fused-ring (bicyclic) bond motifs is 1. The Hall–Kier alpha value is -2.62. The summed E-state index contributed by atoms with van der Waals surface area (Å²) in [5.74, 6) is 0.881. The largest absolute Gasteiger partial charge is 0.497 e. The monoisotopic (exact) mass is 472 g/mol. The molecule has 2 aliphatic heterocycles. The quantitative estimate of drug-likeness (QED) is 0.732. The molecule has 2 aromatic carbocycles. The van der Waals surface area contributed by atoms with E-state index in [1.807, 2.05) is 24.3 Å². The number of hydrogen-bond acceptors (Lipinski definition) is 6. The summed E-state index contributed by atoms with van der Waals surface area (Å²) in [7, 11) is -2.22. The second-order valence-electron chi connectivity index (χ2n) is 9.18. The summed E-state index contributed by atoms with van der Waals surface area (Å²) in [6, 6.07) is 14.0. The molecule has 1 unspecified atom stereocenters. The van der Waals surface area contributed by atoms with Crippen LogP contribution in [0.1, 0.15) is 24.8 Å². The smallest absolute Gasteiger partial charge is 0.247 e. The molecule has 5 rings (SSSR count). The zero-order valence-corrected chi connectivity index (χ0v) is 19.3. The molecule has 33 heavy (non-hydrogen) atoms. The number of carbonyl (C=O) groups is 1. The summed E-state index contributed by atoms with van der Waals surface area (Å²) >= 11 is 0. The van der Waals surface area contributed by atoms with Crippen molar-refractivity contribution >= 4 is 15.9 Å². The van der Waals surface area contributed by atoms with Crippen molar-refractivity contribution in [2.45, 2.75) is 42.4 Å². The predicted octanol–water partition coefficient (Wildman–Crippen LogP) is 2.02. The van der Waals surface area contributed by atoms with E-state index in [-0.39, 0.29) is 29.8 Å². The van der Waals surface area contributed by atoms with E-state index in [9.17, 15) is 18.3 Å². The highest BCUT2D eigenvalue weighted by Crippen LogP contribution is 2.40. The fourth-order valence-electron chi connectivity index (χ4n) is 4.93. The fraction of sp³-hybridized carbons (Fsp3) is 0.458. The lowest BCUT2D eigenvalue weighted by molar-refractivity contribution is -0.142. The lowest BCUT2D eigenvalue weighted by atomic mass is 9.81. The van der Waals surface area contributed by atoms with E-state index in [1.54, 1.807) is 36.3 Å². The van der Waals surface area contributed by atoms with Gasteiger partial charge in [0.15, 0.2) is 0 Å². The van der Waals surface area contributed by atoms with Gasteiger partial charge in [-0.25, -0.2) is 8.42 Å². The van der Waals surface area contributed by atoms with Crippen molar-refractivity contribution in [1.29, 1.82) is 0 Å². The van der Waals surface area contributed by atoms with Crippen LogP contribution >= 0.6 is 0 Å². The Labute approximate surface area is 193 Å². The van der Waals surface area contributed by atoms with Crippen LogP contribution in [0, 0.1) is 5.92 Å². The van der Waals surface area contributed by atoms with Crippen LogP contribution in [-0.4, -0.2) is 67.1 Å². The second kappa shape index (κ2) is 8.30.